The molecule has 2 fully saturated rings. The summed E-state index contributed by atoms with van der Waals surface area (Å²) in [6.07, 6.45) is 4.60. The first-order valence-corrected chi connectivity index (χ1v) is 11.8. The number of aryl methyl sites for hydroxylation is 1. The average molecular weight is 410 g/mol. The first-order chi connectivity index (χ1) is 13.2. The number of rotatable bonds is 4. The van der Waals surface area contributed by atoms with Crippen molar-refractivity contribution in [3.05, 3.63) is 29.3 Å². The van der Waals surface area contributed by atoms with Crippen molar-refractivity contribution >= 4 is 21.7 Å². The normalized spacial score (nSPS) is 20.3. The highest BCUT2D eigenvalue weighted by atomic mass is 32.2. The maximum atomic E-state index is 12.6. The minimum Gasteiger partial charge on any atom is -0.375 e. The third-order valence-electron chi connectivity index (χ3n) is 5.83. The van der Waals surface area contributed by atoms with Gasteiger partial charge in [-0.2, -0.15) is 0 Å². The summed E-state index contributed by atoms with van der Waals surface area (Å²) in [5.41, 5.74) is 3.11. The molecule has 0 saturated carbocycles. The molecule has 1 aromatic carbocycles. The molecule has 0 radical (unpaired) electrons. The van der Waals surface area contributed by atoms with E-state index in [4.69, 9.17) is 4.74 Å². The molecule has 2 heterocycles. The predicted molar refractivity (Wildman–Crippen MR) is 110 cm³/mol. The fourth-order valence-electron chi connectivity index (χ4n) is 3.85. The summed E-state index contributed by atoms with van der Waals surface area (Å²) in [6, 6.07) is 5.86. The number of nitrogens with one attached hydrogen (secondary N) is 1. The Labute approximate surface area is 168 Å². The predicted octanol–water partition coefficient (Wildman–Crippen LogP) is 2.74. The van der Waals surface area contributed by atoms with Gasteiger partial charge >= 0.3 is 6.03 Å². The molecular weight excluding hydrogens is 378 g/mol. The number of ether oxygens (including phenoxy) is 1. The van der Waals surface area contributed by atoms with Gasteiger partial charge in [-0.1, -0.05) is 12.1 Å². The molecule has 2 saturated heterocycles. The highest BCUT2D eigenvalue weighted by Crippen LogP contribution is 2.23. The fourth-order valence-corrected chi connectivity index (χ4v) is 4.72. The van der Waals surface area contributed by atoms with Crippen LogP contribution >= 0.6 is 0 Å². The molecule has 0 aliphatic carbocycles. The SMILES string of the molecule is Cc1cccc(NC(=O)N2CCC(OC3CCN(S(C)(=O)=O)CC3)CC2)c1C. The molecule has 1 N–H and O–H groups in total. The van der Waals surface area contributed by atoms with E-state index in [0.717, 1.165) is 42.5 Å². The number of piperidine rings is 2. The molecular formula is C20H31N3O4S. The molecule has 3 rings (SSSR count). The van der Waals surface area contributed by atoms with Crippen molar-refractivity contribution in [2.75, 3.05) is 37.8 Å². The summed E-state index contributed by atoms with van der Waals surface area (Å²) < 4.78 is 30.9. The number of hydrogen-bond donors (Lipinski definition) is 1. The quantitative estimate of drug-likeness (QED) is 0.829. The second-order valence-electron chi connectivity index (χ2n) is 7.86. The van der Waals surface area contributed by atoms with Crippen LogP contribution in [0.3, 0.4) is 0 Å². The lowest BCUT2D eigenvalue weighted by Gasteiger charge is -2.36. The summed E-state index contributed by atoms with van der Waals surface area (Å²) >= 11 is 0. The van der Waals surface area contributed by atoms with Gasteiger partial charge in [0, 0.05) is 31.9 Å². The van der Waals surface area contributed by atoms with Crippen LogP contribution in [-0.4, -0.2) is 68.3 Å². The molecule has 28 heavy (non-hydrogen) atoms. The van der Waals surface area contributed by atoms with Gasteiger partial charge in [-0.05, 0) is 56.7 Å². The Morgan fingerprint density at radius 3 is 2.18 bits per heavy atom. The van der Waals surface area contributed by atoms with Crippen LogP contribution in [0, 0.1) is 13.8 Å². The van der Waals surface area contributed by atoms with Crippen molar-refractivity contribution in [3.8, 4) is 0 Å². The van der Waals surface area contributed by atoms with Gasteiger partial charge in [-0.15, -0.1) is 0 Å². The zero-order valence-electron chi connectivity index (χ0n) is 17.0. The van der Waals surface area contributed by atoms with E-state index >= 15 is 0 Å². The number of amides is 2. The zero-order valence-corrected chi connectivity index (χ0v) is 17.8. The number of likely N-dealkylation sites (tertiary alicyclic amines) is 1. The van der Waals surface area contributed by atoms with Crippen LogP contribution in [0.4, 0.5) is 10.5 Å². The van der Waals surface area contributed by atoms with Crippen LogP contribution in [0.1, 0.15) is 36.8 Å². The van der Waals surface area contributed by atoms with E-state index in [9.17, 15) is 13.2 Å². The number of benzene rings is 1. The van der Waals surface area contributed by atoms with Gasteiger partial charge in [0.15, 0.2) is 0 Å². The van der Waals surface area contributed by atoms with Crippen LogP contribution in [-0.2, 0) is 14.8 Å². The molecule has 2 aliphatic rings. The monoisotopic (exact) mass is 409 g/mol. The first-order valence-electron chi connectivity index (χ1n) is 9.97. The van der Waals surface area contributed by atoms with Gasteiger partial charge in [-0.25, -0.2) is 17.5 Å². The number of nitrogens with zero attached hydrogens (tertiary/aromatic N) is 2. The van der Waals surface area contributed by atoms with Crippen LogP contribution in [0.2, 0.25) is 0 Å². The Morgan fingerprint density at radius 2 is 1.61 bits per heavy atom. The Balaban J connectivity index is 1.43. The summed E-state index contributed by atoms with van der Waals surface area (Å²) in [5, 5.41) is 3.02. The maximum absolute atomic E-state index is 12.6. The van der Waals surface area contributed by atoms with Crippen molar-refractivity contribution in [1.29, 1.82) is 0 Å². The highest BCUT2D eigenvalue weighted by Gasteiger charge is 2.29. The van der Waals surface area contributed by atoms with E-state index in [2.05, 4.69) is 5.32 Å². The zero-order chi connectivity index (χ0) is 20.3. The van der Waals surface area contributed by atoms with Gasteiger partial charge in [-0.3, -0.25) is 0 Å². The second-order valence-corrected chi connectivity index (χ2v) is 9.84. The Morgan fingerprint density at radius 1 is 1.04 bits per heavy atom. The third kappa shape index (κ3) is 5.24. The first kappa shape index (κ1) is 21.1. The summed E-state index contributed by atoms with van der Waals surface area (Å²) in [4.78, 5) is 14.4. The van der Waals surface area contributed by atoms with E-state index in [-0.39, 0.29) is 18.2 Å². The standard InChI is InChI=1S/C20H31N3O4S/c1-15-5-4-6-19(16(15)2)21-20(24)22-11-7-17(8-12-22)27-18-9-13-23(14-10-18)28(3,25)26/h4-6,17-18H,7-14H2,1-3H3,(H,21,24). The lowest BCUT2D eigenvalue weighted by Crippen LogP contribution is -2.45. The van der Waals surface area contributed by atoms with Crippen LogP contribution < -0.4 is 5.32 Å². The number of sulfonamides is 1. The van der Waals surface area contributed by atoms with E-state index in [1.54, 1.807) is 0 Å². The molecule has 0 spiro atoms. The number of carbonyl (C=O) groups excluding carboxylic acids is 1. The molecule has 8 heteroatoms. The van der Waals surface area contributed by atoms with E-state index in [1.807, 2.05) is 36.9 Å². The summed E-state index contributed by atoms with van der Waals surface area (Å²) in [5.74, 6) is 0. The maximum Gasteiger partial charge on any atom is 0.321 e. The fraction of sp³-hybridized carbons (Fsp3) is 0.650. The van der Waals surface area contributed by atoms with Crippen LogP contribution in [0.15, 0.2) is 18.2 Å². The Hall–Kier alpha value is -1.64. The minimum absolute atomic E-state index is 0.0615. The molecule has 156 valence electrons. The molecule has 7 nitrogen and oxygen atoms in total. The molecule has 1 aromatic rings. The third-order valence-corrected chi connectivity index (χ3v) is 7.13. The van der Waals surface area contributed by atoms with Gasteiger partial charge in [0.1, 0.15) is 0 Å². The van der Waals surface area contributed by atoms with Crippen LogP contribution in [0.5, 0.6) is 0 Å². The van der Waals surface area contributed by atoms with Crippen molar-refractivity contribution < 1.29 is 17.9 Å². The van der Waals surface area contributed by atoms with E-state index in [1.165, 1.54) is 10.6 Å². The van der Waals surface area contributed by atoms with Gasteiger partial charge in [0.25, 0.3) is 0 Å². The van der Waals surface area contributed by atoms with Gasteiger partial charge in [0.05, 0.1) is 18.5 Å². The number of urea groups is 1. The summed E-state index contributed by atoms with van der Waals surface area (Å²) in [6.45, 7) is 6.45. The van der Waals surface area contributed by atoms with Crippen molar-refractivity contribution in [2.24, 2.45) is 0 Å². The smallest absolute Gasteiger partial charge is 0.321 e. The molecule has 2 amide bonds. The average Bonchev–Trinajstić information content (AvgIpc) is 2.66. The molecule has 0 bridgehead atoms. The summed E-state index contributed by atoms with van der Waals surface area (Å²) in [7, 11) is -3.10. The lowest BCUT2D eigenvalue weighted by atomic mass is 10.1. The Kier molecular flexibility index (Phi) is 6.62. The van der Waals surface area contributed by atoms with Crippen molar-refractivity contribution in [2.45, 2.75) is 51.7 Å². The topological polar surface area (TPSA) is 79.0 Å². The molecule has 2 aliphatic heterocycles. The molecule has 0 atom stereocenters. The highest BCUT2D eigenvalue weighted by molar-refractivity contribution is 7.88. The molecule has 0 aromatic heterocycles. The largest absolute Gasteiger partial charge is 0.375 e. The number of carbonyl (C=O) groups is 1. The van der Waals surface area contributed by atoms with E-state index < -0.39 is 10.0 Å². The Bertz CT molecular complexity index is 796. The minimum atomic E-state index is -3.10. The number of anilines is 1. The van der Waals surface area contributed by atoms with Crippen LogP contribution in [0.25, 0.3) is 0 Å². The van der Waals surface area contributed by atoms with E-state index in [0.29, 0.717) is 26.2 Å². The van der Waals surface area contributed by atoms with Crippen molar-refractivity contribution in [3.63, 3.8) is 0 Å². The second kappa shape index (κ2) is 8.80. The van der Waals surface area contributed by atoms with Crippen molar-refractivity contribution in [1.82, 2.24) is 9.21 Å². The number of hydrogen-bond acceptors (Lipinski definition) is 4. The van der Waals surface area contributed by atoms with Gasteiger partial charge < -0.3 is 15.0 Å². The lowest BCUT2D eigenvalue weighted by molar-refractivity contribution is -0.0542. The van der Waals surface area contributed by atoms with Gasteiger partial charge in [0.2, 0.25) is 10.0 Å². The molecule has 0 unspecified atom stereocenters.